The summed E-state index contributed by atoms with van der Waals surface area (Å²) in [5, 5.41) is 3.16. The van der Waals surface area contributed by atoms with Gasteiger partial charge >= 0.3 is 0 Å². The highest BCUT2D eigenvalue weighted by Crippen LogP contribution is 2.38. The first-order valence-corrected chi connectivity index (χ1v) is 8.63. The molecule has 1 aromatic carbocycles. The number of likely N-dealkylation sites (N-methyl/N-ethyl adjacent to an activating group) is 1. The van der Waals surface area contributed by atoms with Crippen LogP contribution in [-0.2, 0) is 10.0 Å². The summed E-state index contributed by atoms with van der Waals surface area (Å²) in [6.45, 7) is 1.86. The van der Waals surface area contributed by atoms with E-state index in [9.17, 15) is 8.42 Å². The van der Waals surface area contributed by atoms with Gasteiger partial charge in [-0.15, -0.1) is 12.4 Å². The number of para-hydroxylation sites is 1. The van der Waals surface area contributed by atoms with Crippen molar-refractivity contribution < 1.29 is 17.9 Å². The third kappa shape index (κ3) is 3.17. The van der Waals surface area contributed by atoms with Gasteiger partial charge < -0.3 is 14.8 Å². The van der Waals surface area contributed by atoms with E-state index in [0.717, 1.165) is 12.8 Å². The van der Waals surface area contributed by atoms with Crippen molar-refractivity contribution in [3.8, 4) is 11.5 Å². The molecule has 0 saturated carbocycles. The summed E-state index contributed by atoms with van der Waals surface area (Å²) >= 11 is 0. The van der Waals surface area contributed by atoms with E-state index in [0.29, 0.717) is 37.8 Å². The molecule has 1 N–H and O–H groups in total. The number of hydrogen-bond acceptors (Lipinski definition) is 5. The second-order valence-corrected chi connectivity index (χ2v) is 7.18. The van der Waals surface area contributed by atoms with Gasteiger partial charge in [-0.25, -0.2) is 8.42 Å². The van der Waals surface area contributed by atoms with Crippen LogP contribution in [0.25, 0.3) is 0 Å². The number of rotatable bonds is 3. The zero-order valence-electron chi connectivity index (χ0n) is 12.4. The van der Waals surface area contributed by atoms with Gasteiger partial charge in [0.15, 0.2) is 11.5 Å². The summed E-state index contributed by atoms with van der Waals surface area (Å²) in [4.78, 5) is 0.205. The molecule has 0 aromatic heterocycles. The first-order valence-electron chi connectivity index (χ1n) is 7.19. The van der Waals surface area contributed by atoms with Crippen molar-refractivity contribution in [2.75, 3.05) is 33.4 Å². The fourth-order valence-corrected chi connectivity index (χ4v) is 4.45. The van der Waals surface area contributed by atoms with Crippen LogP contribution in [0.2, 0.25) is 0 Å². The van der Waals surface area contributed by atoms with Crippen molar-refractivity contribution in [3.63, 3.8) is 0 Å². The summed E-state index contributed by atoms with van der Waals surface area (Å²) in [5.74, 6) is 0.847. The molecule has 1 fully saturated rings. The fraction of sp³-hybridized carbons (Fsp3) is 0.571. The van der Waals surface area contributed by atoms with E-state index in [2.05, 4.69) is 5.32 Å². The van der Waals surface area contributed by atoms with E-state index >= 15 is 0 Å². The molecule has 2 aliphatic heterocycles. The maximum absolute atomic E-state index is 12.9. The number of fused-ring (bicyclic) bond motifs is 1. The van der Waals surface area contributed by atoms with Gasteiger partial charge in [0.2, 0.25) is 10.0 Å². The zero-order chi connectivity index (χ0) is 14.9. The van der Waals surface area contributed by atoms with Crippen molar-refractivity contribution in [2.24, 2.45) is 0 Å². The van der Waals surface area contributed by atoms with Crippen LogP contribution in [-0.4, -0.2) is 52.1 Å². The molecule has 0 amide bonds. The Bertz CT molecular complexity index is 623. The lowest BCUT2D eigenvalue weighted by molar-refractivity contribution is 0.166. The van der Waals surface area contributed by atoms with Crippen molar-refractivity contribution >= 4 is 22.4 Å². The smallest absolute Gasteiger partial charge is 0.246 e. The number of halogens is 1. The average Bonchev–Trinajstić information content (AvgIpc) is 2.54. The SMILES string of the molecule is CNC1CCCN(S(=O)(=O)c2cccc3c2OCCO3)C1.Cl. The van der Waals surface area contributed by atoms with Crippen LogP contribution >= 0.6 is 12.4 Å². The Balaban J connectivity index is 0.00000176. The lowest BCUT2D eigenvalue weighted by Gasteiger charge is -2.32. The van der Waals surface area contributed by atoms with Gasteiger partial charge in [-0.1, -0.05) is 6.07 Å². The van der Waals surface area contributed by atoms with E-state index in [1.807, 2.05) is 7.05 Å². The lowest BCUT2D eigenvalue weighted by Crippen LogP contribution is -2.46. The van der Waals surface area contributed by atoms with Crippen LogP contribution in [0.5, 0.6) is 11.5 Å². The van der Waals surface area contributed by atoms with Crippen LogP contribution < -0.4 is 14.8 Å². The molecule has 2 aliphatic rings. The van der Waals surface area contributed by atoms with Gasteiger partial charge in [0, 0.05) is 19.1 Å². The standard InChI is InChI=1S/C14H20N2O4S.ClH/c1-15-11-4-3-7-16(10-11)21(17,18)13-6-2-5-12-14(13)20-9-8-19-12;/h2,5-6,11,15H,3-4,7-10H2,1H3;1H. The molecule has 22 heavy (non-hydrogen) atoms. The molecule has 124 valence electrons. The predicted octanol–water partition coefficient (Wildman–Crippen LogP) is 1.25. The van der Waals surface area contributed by atoms with Crippen LogP contribution in [0, 0.1) is 0 Å². The molecule has 6 nitrogen and oxygen atoms in total. The molecule has 0 spiro atoms. The van der Waals surface area contributed by atoms with Crippen molar-refractivity contribution in [2.45, 2.75) is 23.8 Å². The number of sulfonamides is 1. The second kappa shape index (κ2) is 7.04. The topological polar surface area (TPSA) is 67.9 Å². The lowest BCUT2D eigenvalue weighted by atomic mass is 10.1. The van der Waals surface area contributed by atoms with Crippen LogP contribution in [0.15, 0.2) is 23.1 Å². The highest BCUT2D eigenvalue weighted by molar-refractivity contribution is 7.89. The normalized spacial score (nSPS) is 22.0. The molecule has 3 rings (SSSR count). The van der Waals surface area contributed by atoms with Gasteiger partial charge in [-0.05, 0) is 32.0 Å². The molecule has 1 saturated heterocycles. The fourth-order valence-electron chi connectivity index (χ4n) is 2.79. The largest absolute Gasteiger partial charge is 0.486 e. The van der Waals surface area contributed by atoms with E-state index in [1.54, 1.807) is 18.2 Å². The van der Waals surface area contributed by atoms with Crippen molar-refractivity contribution in [1.82, 2.24) is 9.62 Å². The molecule has 0 radical (unpaired) electrons. The molecule has 1 aromatic rings. The Morgan fingerprint density at radius 2 is 2.05 bits per heavy atom. The molecule has 0 bridgehead atoms. The average molecular weight is 349 g/mol. The summed E-state index contributed by atoms with van der Waals surface area (Å²) in [6, 6.07) is 5.22. The first-order chi connectivity index (χ1) is 10.1. The molecule has 1 unspecified atom stereocenters. The van der Waals surface area contributed by atoms with Crippen molar-refractivity contribution in [3.05, 3.63) is 18.2 Å². The minimum atomic E-state index is -3.56. The van der Waals surface area contributed by atoms with Crippen LogP contribution in [0.1, 0.15) is 12.8 Å². The number of piperidine rings is 1. The van der Waals surface area contributed by atoms with Crippen LogP contribution in [0.4, 0.5) is 0 Å². The summed E-state index contributed by atoms with van der Waals surface area (Å²) < 4.78 is 38.3. The zero-order valence-corrected chi connectivity index (χ0v) is 14.1. The Kier molecular flexibility index (Phi) is 5.55. The van der Waals surface area contributed by atoms with E-state index in [-0.39, 0.29) is 23.3 Å². The quantitative estimate of drug-likeness (QED) is 0.890. The van der Waals surface area contributed by atoms with Gasteiger partial charge in [-0.3, -0.25) is 0 Å². The molecule has 1 atom stereocenters. The van der Waals surface area contributed by atoms with E-state index < -0.39 is 10.0 Å². The van der Waals surface area contributed by atoms with Gasteiger partial charge in [0.05, 0.1) is 0 Å². The number of nitrogens with zero attached hydrogens (tertiary/aromatic N) is 1. The Labute approximate surface area is 137 Å². The third-order valence-corrected chi connectivity index (χ3v) is 5.83. The monoisotopic (exact) mass is 348 g/mol. The van der Waals surface area contributed by atoms with Gasteiger partial charge in [0.1, 0.15) is 18.1 Å². The Morgan fingerprint density at radius 1 is 1.27 bits per heavy atom. The predicted molar refractivity (Wildman–Crippen MR) is 85.5 cm³/mol. The number of nitrogens with one attached hydrogen (secondary N) is 1. The number of hydrogen-bond donors (Lipinski definition) is 1. The molecule has 2 heterocycles. The van der Waals surface area contributed by atoms with Gasteiger partial charge in [-0.2, -0.15) is 4.31 Å². The van der Waals surface area contributed by atoms with E-state index in [1.165, 1.54) is 4.31 Å². The highest BCUT2D eigenvalue weighted by atomic mass is 35.5. The summed E-state index contributed by atoms with van der Waals surface area (Å²) in [6.07, 6.45) is 1.85. The highest BCUT2D eigenvalue weighted by Gasteiger charge is 2.33. The molecule has 8 heteroatoms. The minimum absolute atomic E-state index is 0. The minimum Gasteiger partial charge on any atom is -0.486 e. The number of benzene rings is 1. The molecular formula is C14H21ClN2O4S. The second-order valence-electron chi connectivity index (χ2n) is 5.27. The van der Waals surface area contributed by atoms with E-state index in [4.69, 9.17) is 9.47 Å². The van der Waals surface area contributed by atoms with Crippen molar-refractivity contribution in [1.29, 1.82) is 0 Å². The Morgan fingerprint density at radius 3 is 2.82 bits per heavy atom. The Hall–Kier alpha value is -1.02. The maximum Gasteiger partial charge on any atom is 0.246 e. The molecular weight excluding hydrogens is 328 g/mol. The maximum atomic E-state index is 12.9. The summed E-state index contributed by atoms with van der Waals surface area (Å²) in [7, 11) is -1.69. The van der Waals surface area contributed by atoms with Gasteiger partial charge in [0.25, 0.3) is 0 Å². The number of ether oxygens (including phenoxy) is 2. The molecule has 0 aliphatic carbocycles. The van der Waals surface area contributed by atoms with Crippen LogP contribution in [0.3, 0.4) is 0 Å². The first kappa shape index (κ1) is 17.3. The third-order valence-electron chi connectivity index (χ3n) is 3.94. The summed E-state index contributed by atoms with van der Waals surface area (Å²) in [5.41, 5.74) is 0.